The van der Waals surface area contributed by atoms with Gasteiger partial charge in [-0.3, -0.25) is 4.79 Å². The van der Waals surface area contributed by atoms with Gasteiger partial charge >= 0.3 is 0 Å². The molecule has 0 aliphatic heterocycles. The molecular formula is C16H23ClFNO. The molecule has 0 aromatic heterocycles. The molecular weight excluding hydrogens is 277 g/mol. The summed E-state index contributed by atoms with van der Waals surface area (Å²) >= 11 is 5.95. The molecule has 1 aromatic carbocycles. The van der Waals surface area contributed by atoms with E-state index in [1.54, 1.807) is 0 Å². The second kappa shape index (κ2) is 7.19. The number of nitrogens with two attached hydrogens (primary N) is 1. The Kier molecular flexibility index (Phi) is 6.15. The lowest BCUT2D eigenvalue weighted by Gasteiger charge is -2.30. The van der Waals surface area contributed by atoms with Crippen LogP contribution in [0.2, 0.25) is 5.02 Å². The summed E-state index contributed by atoms with van der Waals surface area (Å²) in [5, 5.41) is 0.308. The summed E-state index contributed by atoms with van der Waals surface area (Å²) in [6.45, 7) is 7.05. The monoisotopic (exact) mass is 299 g/mol. The van der Waals surface area contributed by atoms with Crippen LogP contribution in [0.15, 0.2) is 18.2 Å². The normalized spacial score (nSPS) is 13.3. The number of Topliss-reactive ketones (excluding diaryl/α,β-unsaturated/α-hetero) is 1. The Labute approximate surface area is 125 Å². The number of benzene rings is 1. The lowest BCUT2D eigenvalue weighted by molar-refractivity contribution is 0.0957. The van der Waals surface area contributed by atoms with Gasteiger partial charge in [0.1, 0.15) is 5.82 Å². The quantitative estimate of drug-likeness (QED) is 0.788. The first-order valence-corrected chi connectivity index (χ1v) is 7.32. The maximum Gasteiger partial charge on any atom is 0.164 e. The zero-order valence-electron chi connectivity index (χ0n) is 12.4. The van der Waals surface area contributed by atoms with Crippen LogP contribution in [0.4, 0.5) is 4.39 Å². The molecule has 0 aliphatic carbocycles. The summed E-state index contributed by atoms with van der Waals surface area (Å²) in [6.07, 6.45) is 1.99. The molecule has 4 heteroatoms. The van der Waals surface area contributed by atoms with Gasteiger partial charge in [-0.2, -0.15) is 0 Å². The highest BCUT2D eigenvalue weighted by Crippen LogP contribution is 2.33. The summed E-state index contributed by atoms with van der Waals surface area (Å²) in [7, 11) is 0. The van der Waals surface area contributed by atoms with Crippen molar-refractivity contribution in [2.24, 2.45) is 17.1 Å². The van der Waals surface area contributed by atoms with Gasteiger partial charge in [0, 0.05) is 12.0 Å². The number of halogens is 2. The molecule has 0 saturated heterocycles. The number of carbonyl (C=O) groups excluding carboxylic acids is 1. The largest absolute Gasteiger partial charge is 0.330 e. The Balaban J connectivity index is 2.73. The summed E-state index contributed by atoms with van der Waals surface area (Å²) in [5.74, 6) is -0.184. The molecule has 2 nitrogen and oxygen atoms in total. The van der Waals surface area contributed by atoms with Gasteiger partial charge in [-0.25, -0.2) is 4.39 Å². The van der Waals surface area contributed by atoms with E-state index in [2.05, 4.69) is 20.8 Å². The predicted molar refractivity (Wildman–Crippen MR) is 81.6 cm³/mol. The summed E-state index contributed by atoms with van der Waals surface area (Å²) in [5.41, 5.74) is 6.00. The van der Waals surface area contributed by atoms with Crippen molar-refractivity contribution >= 4 is 17.4 Å². The van der Waals surface area contributed by atoms with Crippen molar-refractivity contribution in [1.82, 2.24) is 0 Å². The highest BCUT2D eigenvalue weighted by molar-refractivity contribution is 6.33. The second-order valence-electron chi connectivity index (χ2n) is 6.23. The zero-order chi connectivity index (χ0) is 15.3. The molecule has 0 spiro atoms. The van der Waals surface area contributed by atoms with Crippen LogP contribution >= 0.6 is 11.6 Å². The van der Waals surface area contributed by atoms with E-state index < -0.39 is 5.82 Å². The molecule has 0 fully saturated rings. The van der Waals surface area contributed by atoms with Crippen molar-refractivity contribution < 1.29 is 9.18 Å². The summed E-state index contributed by atoms with van der Waals surface area (Å²) in [4.78, 5) is 12.2. The van der Waals surface area contributed by atoms with Gasteiger partial charge in [-0.05, 0) is 48.9 Å². The van der Waals surface area contributed by atoms with Crippen molar-refractivity contribution in [2.45, 2.75) is 40.0 Å². The molecule has 20 heavy (non-hydrogen) atoms. The lowest BCUT2D eigenvalue weighted by atomic mass is 9.76. The van der Waals surface area contributed by atoms with Crippen molar-refractivity contribution in [3.63, 3.8) is 0 Å². The fourth-order valence-electron chi connectivity index (χ4n) is 2.36. The highest BCUT2D eigenvalue weighted by Gasteiger charge is 2.25. The predicted octanol–water partition coefficient (Wildman–Crippen LogP) is 4.45. The number of ketones is 1. The van der Waals surface area contributed by atoms with Gasteiger partial charge in [0.2, 0.25) is 0 Å². The van der Waals surface area contributed by atoms with E-state index in [0.717, 1.165) is 12.8 Å². The number of carbonyl (C=O) groups is 1. The summed E-state index contributed by atoms with van der Waals surface area (Å²) in [6, 6.07) is 3.89. The van der Waals surface area contributed by atoms with Crippen molar-refractivity contribution in [1.29, 1.82) is 0 Å². The first kappa shape index (κ1) is 17.1. The molecule has 1 aromatic rings. The van der Waals surface area contributed by atoms with E-state index in [-0.39, 0.29) is 16.8 Å². The molecule has 1 unspecified atom stereocenters. The third kappa shape index (κ3) is 4.88. The molecule has 0 heterocycles. The minimum Gasteiger partial charge on any atom is -0.330 e. The Morgan fingerprint density at radius 1 is 1.35 bits per heavy atom. The van der Waals surface area contributed by atoms with Gasteiger partial charge in [-0.15, -0.1) is 0 Å². The van der Waals surface area contributed by atoms with Crippen LogP contribution in [0.1, 0.15) is 50.4 Å². The van der Waals surface area contributed by atoms with Gasteiger partial charge in [0.05, 0.1) is 5.02 Å². The van der Waals surface area contributed by atoms with Gasteiger partial charge in [-0.1, -0.05) is 32.4 Å². The smallest absolute Gasteiger partial charge is 0.164 e. The van der Waals surface area contributed by atoms with Gasteiger partial charge in [0.15, 0.2) is 5.78 Å². The standard InChI is InChI=1S/C16H23ClFNO/c1-16(2,3)11(8-9-19)4-7-15(20)13-10-12(18)5-6-14(13)17/h5-6,10-11H,4,7-9,19H2,1-3H3. The highest BCUT2D eigenvalue weighted by atomic mass is 35.5. The first-order valence-electron chi connectivity index (χ1n) is 6.94. The molecule has 2 N–H and O–H groups in total. The van der Waals surface area contributed by atoms with Crippen LogP contribution in [0.3, 0.4) is 0 Å². The Bertz CT molecular complexity index is 468. The van der Waals surface area contributed by atoms with E-state index >= 15 is 0 Å². The SMILES string of the molecule is CC(C)(C)C(CCN)CCC(=O)c1cc(F)ccc1Cl. The number of hydrogen-bond donors (Lipinski definition) is 1. The number of hydrogen-bond acceptors (Lipinski definition) is 2. The van der Waals surface area contributed by atoms with Gasteiger partial charge in [0.25, 0.3) is 0 Å². The number of rotatable bonds is 6. The van der Waals surface area contributed by atoms with E-state index in [9.17, 15) is 9.18 Å². The van der Waals surface area contributed by atoms with E-state index in [0.29, 0.717) is 23.9 Å². The Morgan fingerprint density at radius 2 is 2.00 bits per heavy atom. The Hall–Kier alpha value is -0.930. The average Bonchev–Trinajstić information content (AvgIpc) is 2.35. The summed E-state index contributed by atoms with van der Waals surface area (Å²) < 4.78 is 13.2. The second-order valence-corrected chi connectivity index (χ2v) is 6.63. The minimum absolute atomic E-state index is 0.103. The average molecular weight is 300 g/mol. The molecule has 0 aliphatic rings. The third-order valence-electron chi connectivity index (χ3n) is 3.69. The van der Waals surface area contributed by atoms with Crippen LogP contribution in [0.25, 0.3) is 0 Å². The topological polar surface area (TPSA) is 43.1 Å². The fraction of sp³-hybridized carbons (Fsp3) is 0.562. The fourth-order valence-corrected chi connectivity index (χ4v) is 2.59. The van der Waals surface area contributed by atoms with Gasteiger partial charge < -0.3 is 5.73 Å². The molecule has 112 valence electrons. The first-order chi connectivity index (χ1) is 9.25. The van der Waals surface area contributed by atoms with Crippen LogP contribution in [-0.2, 0) is 0 Å². The van der Waals surface area contributed by atoms with E-state index in [1.807, 2.05) is 0 Å². The van der Waals surface area contributed by atoms with Crippen molar-refractivity contribution in [3.05, 3.63) is 34.6 Å². The van der Waals surface area contributed by atoms with Crippen LogP contribution in [-0.4, -0.2) is 12.3 Å². The lowest BCUT2D eigenvalue weighted by Crippen LogP contribution is -2.24. The van der Waals surface area contributed by atoms with Crippen molar-refractivity contribution in [2.75, 3.05) is 6.54 Å². The maximum atomic E-state index is 13.2. The van der Waals surface area contributed by atoms with Crippen molar-refractivity contribution in [3.8, 4) is 0 Å². The maximum absolute atomic E-state index is 13.2. The molecule has 0 amide bonds. The molecule has 1 rings (SSSR count). The Morgan fingerprint density at radius 3 is 2.55 bits per heavy atom. The van der Waals surface area contributed by atoms with Crippen LogP contribution in [0.5, 0.6) is 0 Å². The zero-order valence-corrected chi connectivity index (χ0v) is 13.1. The third-order valence-corrected chi connectivity index (χ3v) is 4.02. The molecule has 0 bridgehead atoms. The molecule has 0 radical (unpaired) electrons. The van der Waals surface area contributed by atoms with Crippen LogP contribution < -0.4 is 5.73 Å². The molecule has 1 atom stereocenters. The van der Waals surface area contributed by atoms with E-state index in [1.165, 1.54) is 18.2 Å². The minimum atomic E-state index is -0.438. The van der Waals surface area contributed by atoms with Crippen LogP contribution in [0, 0.1) is 17.2 Å². The van der Waals surface area contributed by atoms with E-state index in [4.69, 9.17) is 17.3 Å². The molecule has 0 saturated carbocycles.